The number of anilines is 1. The van der Waals surface area contributed by atoms with Crippen molar-refractivity contribution in [1.29, 1.82) is 0 Å². The molecule has 1 unspecified atom stereocenters. The van der Waals surface area contributed by atoms with Gasteiger partial charge in [0.15, 0.2) is 0 Å². The maximum atomic E-state index is 13.1. The van der Waals surface area contributed by atoms with Gasteiger partial charge in [-0.1, -0.05) is 0 Å². The molecule has 8 heteroatoms. The molecular weight excluding hydrogens is 275 g/mol. The molecule has 0 amide bonds. The molecule has 1 fully saturated rings. The van der Waals surface area contributed by atoms with Gasteiger partial charge < -0.3 is 10.2 Å². The van der Waals surface area contributed by atoms with Crippen LogP contribution in [0.4, 0.5) is 24.5 Å². The van der Waals surface area contributed by atoms with E-state index in [1.807, 2.05) is 0 Å². The van der Waals surface area contributed by atoms with Gasteiger partial charge in [-0.05, 0) is 19.5 Å². The van der Waals surface area contributed by atoms with Gasteiger partial charge in [-0.2, -0.15) is 13.2 Å². The molecule has 2 rings (SSSR count). The van der Waals surface area contributed by atoms with Crippen LogP contribution in [-0.2, 0) is 6.18 Å². The lowest BCUT2D eigenvalue weighted by Crippen LogP contribution is -2.30. The van der Waals surface area contributed by atoms with Gasteiger partial charge in [-0.15, -0.1) is 0 Å². The minimum absolute atomic E-state index is 0.000787. The largest absolute Gasteiger partial charge is 0.418 e. The highest BCUT2D eigenvalue weighted by Gasteiger charge is 2.37. The predicted molar refractivity (Wildman–Crippen MR) is 67.8 cm³/mol. The van der Waals surface area contributed by atoms with Gasteiger partial charge >= 0.3 is 6.18 Å². The fourth-order valence-electron chi connectivity index (χ4n) is 2.36. The molecular formula is C12H14F3N3O2. The Hall–Kier alpha value is -1.83. The van der Waals surface area contributed by atoms with Crippen molar-refractivity contribution in [2.75, 3.05) is 25.0 Å². The first-order chi connectivity index (χ1) is 9.32. The number of nitro benzene ring substituents is 1. The van der Waals surface area contributed by atoms with E-state index in [2.05, 4.69) is 5.32 Å². The average molecular weight is 289 g/mol. The van der Waals surface area contributed by atoms with E-state index in [9.17, 15) is 23.3 Å². The Balaban J connectivity index is 2.40. The second-order valence-corrected chi connectivity index (χ2v) is 4.68. The smallest absolute Gasteiger partial charge is 0.369 e. The number of hydrogen-bond donors (Lipinski definition) is 1. The zero-order valence-corrected chi connectivity index (χ0v) is 10.8. The molecule has 1 aliphatic heterocycles. The summed E-state index contributed by atoms with van der Waals surface area (Å²) in [6.07, 6.45) is -3.87. The van der Waals surface area contributed by atoms with Crippen molar-refractivity contribution in [3.8, 4) is 0 Å². The number of rotatable bonds is 3. The Morgan fingerprint density at radius 2 is 2.15 bits per heavy atom. The van der Waals surface area contributed by atoms with Crippen molar-refractivity contribution >= 4 is 11.4 Å². The normalized spacial score (nSPS) is 19.4. The van der Waals surface area contributed by atoms with Crippen LogP contribution >= 0.6 is 0 Å². The minimum Gasteiger partial charge on any atom is -0.369 e. The number of non-ortho nitro benzene ring substituents is 1. The Labute approximate surface area is 113 Å². The number of alkyl halides is 3. The molecule has 0 spiro atoms. The van der Waals surface area contributed by atoms with Crippen molar-refractivity contribution in [3.05, 3.63) is 33.9 Å². The van der Waals surface area contributed by atoms with E-state index in [4.69, 9.17) is 0 Å². The molecule has 1 heterocycles. The fourth-order valence-corrected chi connectivity index (χ4v) is 2.36. The van der Waals surface area contributed by atoms with Crippen LogP contribution in [0.3, 0.4) is 0 Å². The van der Waals surface area contributed by atoms with Crippen LogP contribution in [-0.4, -0.2) is 31.1 Å². The van der Waals surface area contributed by atoms with Gasteiger partial charge in [0.1, 0.15) is 0 Å². The number of benzene rings is 1. The third kappa shape index (κ3) is 2.84. The van der Waals surface area contributed by atoms with Crippen molar-refractivity contribution in [3.63, 3.8) is 0 Å². The van der Waals surface area contributed by atoms with E-state index in [1.54, 1.807) is 11.9 Å². The lowest BCUT2D eigenvalue weighted by Gasteiger charge is -2.23. The SMILES string of the molecule is CNC1CCN(c2ccc([N+](=O)[O-])cc2C(F)(F)F)C1. The summed E-state index contributed by atoms with van der Waals surface area (Å²) in [5.41, 5.74) is -1.50. The molecule has 1 saturated heterocycles. The zero-order chi connectivity index (χ0) is 14.9. The summed E-state index contributed by atoms with van der Waals surface area (Å²) in [4.78, 5) is 11.4. The van der Waals surface area contributed by atoms with Gasteiger partial charge in [-0.3, -0.25) is 10.1 Å². The van der Waals surface area contributed by atoms with E-state index in [1.165, 1.54) is 6.07 Å². The van der Waals surface area contributed by atoms with Crippen LogP contribution in [0.2, 0.25) is 0 Å². The number of nitro groups is 1. The molecule has 0 aliphatic carbocycles. The maximum absolute atomic E-state index is 13.1. The molecule has 110 valence electrons. The first kappa shape index (κ1) is 14.6. The van der Waals surface area contributed by atoms with Crippen LogP contribution in [0.25, 0.3) is 0 Å². The van der Waals surface area contributed by atoms with E-state index in [0.717, 1.165) is 12.5 Å². The van der Waals surface area contributed by atoms with Crippen molar-refractivity contribution < 1.29 is 18.1 Å². The summed E-state index contributed by atoms with van der Waals surface area (Å²) < 4.78 is 39.2. The van der Waals surface area contributed by atoms with Crippen LogP contribution in [0.1, 0.15) is 12.0 Å². The summed E-state index contributed by atoms with van der Waals surface area (Å²) in [7, 11) is 1.76. The topological polar surface area (TPSA) is 58.4 Å². The summed E-state index contributed by atoms with van der Waals surface area (Å²) in [6.45, 7) is 0.948. The lowest BCUT2D eigenvalue weighted by molar-refractivity contribution is -0.385. The van der Waals surface area contributed by atoms with Crippen LogP contribution < -0.4 is 10.2 Å². The van der Waals surface area contributed by atoms with E-state index in [-0.39, 0.29) is 11.7 Å². The predicted octanol–water partition coefficient (Wildman–Crippen LogP) is 2.41. The number of nitrogens with one attached hydrogen (secondary N) is 1. The average Bonchev–Trinajstić information content (AvgIpc) is 2.85. The molecule has 5 nitrogen and oxygen atoms in total. The minimum atomic E-state index is -4.61. The molecule has 20 heavy (non-hydrogen) atoms. The van der Waals surface area contributed by atoms with Crippen LogP contribution in [0, 0.1) is 10.1 Å². The van der Waals surface area contributed by atoms with E-state index in [0.29, 0.717) is 19.2 Å². The lowest BCUT2D eigenvalue weighted by atomic mass is 10.1. The van der Waals surface area contributed by atoms with Gasteiger partial charge in [0.05, 0.1) is 10.5 Å². The Kier molecular flexibility index (Phi) is 3.85. The van der Waals surface area contributed by atoms with Gasteiger partial charge in [0.2, 0.25) is 0 Å². The fraction of sp³-hybridized carbons (Fsp3) is 0.500. The number of hydrogen-bond acceptors (Lipinski definition) is 4. The Bertz CT molecular complexity index is 519. The number of halogens is 3. The van der Waals surface area contributed by atoms with Crippen molar-refractivity contribution in [2.45, 2.75) is 18.6 Å². The zero-order valence-electron chi connectivity index (χ0n) is 10.8. The van der Waals surface area contributed by atoms with E-state index >= 15 is 0 Å². The van der Waals surface area contributed by atoms with Crippen molar-refractivity contribution in [1.82, 2.24) is 5.32 Å². The summed E-state index contributed by atoms with van der Waals surface area (Å²) in [5, 5.41) is 13.6. The first-order valence-corrected chi connectivity index (χ1v) is 6.10. The van der Waals surface area contributed by atoms with Gasteiger partial charge in [0, 0.05) is 37.0 Å². The monoisotopic (exact) mass is 289 g/mol. The molecule has 1 N–H and O–H groups in total. The Morgan fingerprint density at radius 3 is 2.65 bits per heavy atom. The molecule has 1 aliphatic rings. The highest BCUT2D eigenvalue weighted by molar-refractivity contribution is 5.60. The third-order valence-corrected chi connectivity index (χ3v) is 3.43. The van der Waals surface area contributed by atoms with E-state index < -0.39 is 22.4 Å². The van der Waals surface area contributed by atoms with Crippen LogP contribution in [0.5, 0.6) is 0 Å². The third-order valence-electron chi connectivity index (χ3n) is 3.43. The van der Waals surface area contributed by atoms with Gasteiger partial charge in [-0.25, -0.2) is 0 Å². The van der Waals surface area contributed by atoms with Crippen molar-refractivity contribution in [2.24, 2.45) is 0 Å². The standard InChI is InChI=1S/C12H14F3N3O2/c1-16-8-4-5-17(7-8)11-3-2-9(18(19)20)6-10(11)12(13,14)15/h2-3,6,8,16H,4-5,7H2,1H3. The highest BCUT2D eigenvalue weighted by Crippen LogP contribution is 2.39. The van der Waals surface area contributed by atoms with Crippen LogP contribution in [0.15, 0.2) is 18.2 Å². The Morgan fingerprint density at radius 1 is 1.45 bits per heavy atom. The quantitative estimate of drug-likeness (QED) is 0.686. The molecule has 0 saturated carbocycles. The number of nitrogens with zero attached hydrogens (tertiary/aromatic N) is 2. The summed E-state index contributed by atoms with van der Waals surface area (Å²) in [5.74, 6) is 0. The maximum Gasteiger partial charge on any atom is 0.418 e. The molecule has 0 radical (unpaired) electrons. The molecule has 1 atom stereocenters. The molecule has 1 aromatic rings. The summed E-state index contributed by atoms with van der Waals surface area (Å²) in [6, 6.07) is 3.02. The first-order valence-electron chi connectivity index (χ1n) is 6.10. The molecule has 0 aromatic heterocycles. The second kappa shape index (κ2) is 5.28. The molecule has 0 bridgehead atoms. The number of likely N-dealkylation sites (N-methyl/N-ethyl adjacent to an activating group) is 1. The highest BCUT2D eigenvalue weighted by atomic mass is 19.4. The molecule has 1 aromatic carbocycles. The van der Waals surface area contributed by atoms with Gasteiger partial charge in [0.25, 0.3) is 5.69 Å². The second-order valence-electron chi connectivity index (χ2n) is 4.68. The summed E-state index contributed by atoms with van der Waals surface area (Å²) >= 11 is 0.